The number of rotatable bonds is 7. The molecule has 3 aromatic rings. The molecular formula is C26H27N5O4. The molecule has 0 unspecified atom stereocenters. The Kier molecular flexibility index (Phi) is 5.81. The number of pyridine rings is 1. The first-order valence-electron chi connectivity index (χ1n) is 11.8. The average Bonchev–Trinajstić information content (AvgIpc) is 3.57. The van der Waals surface area contributed by atoms with Crippen molar-refractivity contribution in [3.8, 4) is 11.8 Å². The van der Waals surface area contributed by atoms with Gasteiger partial charge in [0, 0.05) is 29.1 Å². The molecule has 0 aliphatic heterocycles. The van der Waals surface area contributed by atoms with Crippen molar-refractivity contribution in [2.24, 2.45) is 5.92 Å². The quantitative estimate of drug-likeness (QED) is 0.417. The second-order valence-corrected chi connectivity index (χ2v) is 9.48. The summed E-state index contributed by atoms with van der Waals surface area (Å²) in [6, 6.07) is 10.5. The molecule has 2 heterocycles. The number of aromatic nitrogens is 2. The maximum atomic E-state index is 13.4. The largest absolute Gasteiger partial charge is 0.496 e. The van der Waals surface area contributed by atoms with Gasteiger partial charge in [-0.1, -0.05) is 18.9 Å². The Hall–Kier alpha value is -4.06. The zero-order valence-electron chi connectivity index (χ0n) is 19.4. The fourth-order valence-electron chi connectivity index (χ4n) is 4.85. The van der Waals surface area contributed by atoms with Crippen molar-refractivity contribution in [2.45, 2.75) is 50.1 Å². The number of benzene rings is 1. The van der Waals surface area contributed by atoms with Crippen molar-refractivity contribution < 1.29 is 14.3 Å². The molecule has 5 rings (SSSR count). The van der Waals surface area contributed by atoms with Gasteiger partial charge in [-0.15, -0.1) is 0 Å². The molecular weight excluding hydrogens is 446 g/mol. The number of nitrogens with zero attached hydrogens (tertiary/aromatic N) is 1. The molecule has 2 aliphatic carbocycles. The van der Waals surface area contributed by atoms with E-state index in [2.05, 4.69) is 26.7 Å². The van der Waals surface area contributed by atoms with Gasteiger partial charge in [-0.2, -0.15) is 5.26 Å². The van der Waals surface area contributed by atoms with Crippen LogP contribution in [0.4, 0.5) is 0 Å². The average molecular weight is 474 g/mol. The number of ether oxygens (including phenoxy) is 1. The SMILES string of the molecule is COc1cccc2[nH]c(C(=O)N[C@@H](CC3CC3)C(=O)N[C@@]3(C#N)CCc4cc[nH]c(=O)c4C3)cc12. The molecule has 0 saturated heterocycles. The third-order valence-electron chi connectivity index (χ3n) is 7.01. The van der Waals surface area contributed by atoms with Gasteiger partial charge < -0.3 is 25.3 Å². The van der Waals surface area contributed by atoms with Gasteiger partial charge in [-0.25, -0.2) is 0 Å². The number of nitrogens with one attached hydrogen (secondary N) is 4. The summed E-state index contributed by atoms with van der Waals surface area (Å²) in [6.45, 7) is 0. The normalized spacial score (nSPS) is 19.9. The maximum Gasteiger partial charge on any atom is 0.268 e. The molecule has 35 heavy (non-hydrogen) atoms. The number of H-pyrrole nitrogens is 2. The Bertz CT molecular complexity index is 1400. The Balaban J connectivity index is 1.35. The third kappa shape index (κ3) is 4.52. The minimum atomic E-state index is -1.19. The minimum absolute atomic E-state index is 0.132. The van der Waals surface area contributed by atoms with Crippen molar-refractivity contribution in [2.75, 3.05) is 7.11 Å². The topological polar surface area (TPSA) is 140 Å². The van der Waals surface area contributed by atoms with Crippen LogP contribution in [0.3, 0.4) is 0 Å². The van der Waals surface area contributed by atoms with Crippen molar-refractivity contribution in [3.63, 3.8) is 0 Å². The maximum absolute atomic E-state index is 13.4. The number of carbonyl (C=O) groups excluding carboxylic acids is 2. The number of carbonyl (C=O) groups is 2. The zero-order chi connectivity index (χ0) is 24.6. The fraction of sp³-hybridized carbons (Fsp3) is 0.385. The highest BCUT2D eigenvalue weighted by Crippen LogP contribution is 2.34. The first-order chi connectivity index (χ1) is 16.9. The first-order valence-corrected chi connectivity index (χ1v) is 11.8. The van der Waals surface area contributed by atoms with Crippen molar-refractivity contribution in [1.82, 2.24) is 20.6 Å². The van der Waals surface area contributed by atoms with E-state index >= 15 is 0 Å². The number of amides is 2. The summed E-state index contributed by atoms with van der Waals surface area (Å²) >= 11 is 0. The molecule has 1 saturated carbocycles. The number of nitriles is 1. The van der Waals surface area contributed by atoms with Crippen molar-refractivity contribution in [1.29, 1.82) is 5.26 Å². The molecule has 0 bridgehead atoms. The van der Waals surface area contributed by atoms with Gasteiger partial charge in [0.25, 0.3) is 11.5 Å². The highest BCUT2D eigenvalue weighted by atomic mass is 16.5. The highest BCUT2D eigenvalue weighted by Gasteiger charge is 2.40. The minimum Gasteiger partial charge on any atom is -0.496 e. The van der Waals surface area contributed by atoms with Crippen molar-refractivity contribution >= 4 is 22.7 Å². The van der Waals surface area contributed by atoms with E-state index in [0.717, 1.165) is 29.3 Å². The fourth-order valence-corrected chi connectivity index (χ4v) is 4.85. The molecule has 9 heteroatoms. The molecule has 1 aromatic carbocycles. The Morgan fingerprint density at radius 1 is 1.31 bits per heavy atom. The van der Waals surface area contributed by atoms with E-state index in [1.54, 1.807) is 19.4 Å². The first kappa shape index (κ1) is 22.7. The van der Waals surface area contributed by atoms with Crippen LogP contribution in [-0.2, 0) is 17.6 Å². The summed E-state index contributed by atoms with van der Waals surface area (Å²) in [6.07, 6.45) is 5.17. The van der Waals surface area contributed by atoms with Gasteiger partial charge in [-0.05, 0) is 55.0 Å². The Labute approximate surface area is 201 Å². The van der Waals surface area contributed by atoms with Gasteiger partial charge in [0.15, 0.2) is 0 Å². The Morgan fingerprint density at radius 3 is 2.89 bits per heavy atom. The van der Waals surface area contributed by atoms with Crippen LogP contribution in [0.2, 0.25) is 0 Å². The summed E-state index contributed by atoms with van der Waals surface area (Å²) in [5.74, 6) is 0.201. The van der Waals surface area contributed by atoms with Gasteiger partial charge in [0.05, 0.1) is 13.2 Å². The van der Waals surface area contributed by atoms with Crippen LogP contribution in [0.1, 0.15) is 47.3 Å². The van der Waals surface area contributed by atoms with Crippen LogP contribution < -0.4 is 20.9 Å². The van der Waals surface area contributed by atoms with E-state index in [9.17, 15) is 19.6 Å². The number of methoxy groups -OCH3 is 1. The molecule has 4 N–H and O–H groups in total. The van der Waals surface area contributed by atoms with Crippen LogP contribution in [-0.4, -0.2) is 40.5 Å². The molecule has 1 fully saturated rings. The van der Waals surface area contributed by atoms with E-state index in [0.29, 0.717) is 42.2 Å². The molecule has 2 amide bonds. The summed E-state index contributed by atoms with van der Waals surface area (Å²) in [5.41, 5.74) is 1.06. The van der Waals surface area contributed by atoms with E-state index in [1.807, 2.05) is 24.3 Å². The molecule has 180 valence electrons. The summed E-state index contributed by atoms with van der Waals surface area (Å²) < 4.78 is 5.37. The highest BCUT2D eigenvalue weighted by molar-refractivity contribution is 6.01. The molecule has 2 atom stereocenters. The molecule has 0 spiro atoms. The van der Waals surface area contributed by atoms with Crippen molar-refractivity contribution in [3.05, 3.63) is 63.7 Å². The van der Waals surface area contributed by atoms with Crippen LogP contribution in [0.5, 0.6) is 5.75 Å². The Morgan fingerprint density at radius 2 is 2.14 bits per heavy atom. The lowest BCUT2D eigenvalue weighted by Crippen LogP contribution is -2.57. The number of aryl methyl sites for hydroxylation is 1. The lowest BCUT2D eigenvalue weighted by molar-refractivity contribution is -0.124. The smallest absolute Gasteiger partial charge is 0.268 e. The van der Waals surface area contributed by atoms with E-state index in [-0.39, 0.29) is 12.0 Å². The number of aromatic amines is 2. The third-order valence-corrected chi connectivity index (χ3v) is 7.01. The van der Waals surface area contributed by atoms with Crippen LogP contribution >= 0.6 is 0 Å². The van der Waals surface area contributed by atoms with Gasteiger partial charge in [0.1, 0.15) is 23.0 Å². The molecule has 2 aromatic heterocycles. The van der Waals surface area contributed by atoms with Gasteiger partial charge >= 0.3 is 0 Å². The molecule has 0 radical (unpaired) electrons. The zero-order valence-corrected chi connectivity index (χ0v) is 19.4. The lowest BCUT2D eigenvalue weighted by Gasteiger charge is -2.34. The van der Waals surface area contributed by atoms with Crippen LogP contribution in [0.25, 0.3) is 10.9 Å². The van der Waals surface area contributed by atoms with Crippen LogP contribution in [0.15, 0.2) is 41.3 Å². The number of fused-ring (bicyclic) bond motifs is 2. The van der Waals surface area contributed by atoms with Gasteiger partial charge in [0.2, 0.25) is 5.91 Å². The van der Waals surface area contributed by atoms with Crippen LogP contribution in [0, 0.1) is 17.2 Å². The predicted octanol–water partition coefficient (Wildman–Crippen LogP) is 2.33. The number of hydrogen-bond acceptors (Lipinski definition) is 5. The van der Waals surface area contributed by atoms with E-state index in [4.69, 9.17) is 4.74 Å². The van der Waals surface area contributed by atoms with Gasteiger partial charge in [-0.3, -0.25) is 14.4 Å². The van der Waals surface area contributed by atoms with E-state index in [1.165, 1.54) is 0 Å². The lowest BCUT2D eigenvalue weighted by atomic mass is 9.79. The molecule has 2 aliphatic rings. The number of hydrogen-bond donors (Lipinski definition) is 4. The molecule has 9 nitrogen and oxygen atoms in total. The standard InChI is InChI=1S/C26H27N5O4/c1-35-22-4-2-3-19-17(22)12-21(29-19)24(33)30-20(11-15-5-6-15)25(34)31-26(14-27)9-7-16-8-10-28-23(32)18(16)13-26/h2-4,8,10,12,15,20,29H,5-7,9,11,13H2,1H3,(H,28,32)(H,30,33)(H,31,34)/t20-,26-/m0/s1. The summed E-state index contributed by atoms with van der Waals surface area (Å²) in [7, 11) is 1.57. The summed E-state index contributed by atoms with van der Waals surface area (Å²) in [5, 5.41) is 16.5. The monoisotopic (exact) mass is 473 g/mol. The summed E-state index contributed by atoms with van der Waals surface area (Å²) in [4.78, 5) is 44.5. The van der Waals surface area contributed by atoms with E-state index < -0.39 is 23.4 Å². The second-order valence-electron chi connectivity index (χ2n) is 9.48. The second kappa shape index (κ2) is 8.95. The predicted molar refractivity (Wildman–Crippen MR) is 129 cm³/mol.